The monoisotopic (exact) mass is 229 g/mol. The van der Waals surface area contributed by atoms with Gasteiger partial charge >= 0.3 is 0 Å². The molecule has 3 N–H and O–H groups in total. The standard InChI is InChI=1S/C10H11N7/c1-6-3-8(15-5-14-6)17-9(12)7(4-11)10(13-2)16-17/h3,5H,12H2,1-2H3,(H,13,16). The van der Waals surface area contributed by atoms with Crippen LogP contribution in [-0.4, -0.2) is 26.8 Å². The second-order valence-corrected chi connectivity index (χ2v) is 3.40. The maximum atomic E-state index is 8.99. The molecule has 0 aliphatic carbocycles. The van der Waals surface area contributed by atoms with Crippen LogP contribution in [-0.2, 0) is 0 Å². The van der Waals surface area contributed by atoms with Gasteiger partial charge in [0.2, 0.25) is 0 Å². The number of aryl methyl sites for hydroxylation is 1. The Morgan fingerprint density at radius 3 is 2.76 bits per heavy atom. The lowest BCUT2D eigenvalue weighted by Crippen LogP contribution is -2.05. The SMILES string of the molecule is CNc1nn(-c2cc(C)ncn2)c(N)c1C#N. The molecule has 17 heavy (non-hydrogen) atoms. The first-order valence-corrected chi connectivity index (χ1v) is 4.92. The summed E-state index contributed by atoms with van der Waals surface area (Å²) < 4.78 is 1.42. The highest BCUT2D eigenvalue weighted by atomic mass is 15.4. The molecule has 7 heteroatoms. The molecule has 2 heterocycles. The van der Waals surface area contributed by atoms with Crippen LogP contribution in [0.1, 0.15) is 11.3 Å². The first kappa shape index (κ1) is 10.9. The van der Waals surface area contributed by atoms with Gasteiger partial charge in [-0.2, -0.15) is 9.94 Å². The third-order valence-electron chi connectivity index (χ3n) is 2.28. The Labute approximate surface area is 97.9 Å². The van der Waals surface area contributed by atoms with Gasteiger partial charge in [-0.1, -0.05) is 0 Å². The summed E-state index contributed by atoms with van der Waals surface area (Å²) in [5.74, 6) is 1.23. The van der Waals surface area contributed by atoms with Crippen molar-refractivity contribution >= 4 is 11.6 Å². The van der Waals surface area contributed by atoms with E-state index in [-0.39, 0.29) is 5.82 Å². The molecule has 7 nitrogen and oxygen atoms in total. The van der Waals surface area contributed by atoms with Crippen molar-refractivity contribution in [3.8, 4) is 11.9 Å². The highest BCUT2D eigenvalue weighted by molar-refractivity contribution is 5.65. The summed E-state index contributed by atoms with van der Waals surface area (Å²) in [7, 11) is 1.68. The maximum Gasteiger partial charge on any atom is 0.168 e. The van der Waals surface area contributed by atoms with Crippen molar-refractivity contribution in [1.82, 2.24) is 19.7 Å². The zero-order valence-corrected chi connectivity index (χ0v) is 9.47. The largest absolute Gasteiger partial charge is 0.382 e. The van der Waals surface area contributed by atoms with Crippen LogP contribution in [0.2, 0.25) is 0 Å². The molecular weight excluding hydrogens is 218 g/mol. The lowest BCUT2D eigenvalue weighted by molar-refractivity contribution is 0.846. The van der Waals surface area contributed by atoms with Crippen LogP contribution in [0.5, 0.6) is 0 Å². The number of hydrogen-bond acceptors (Lipinski definition) is 6. The Kier molecular flexibility index (Phi) is 2.62. The Bertz CT molecular complexity index is 593. The zero-order valence-electron chi connectivity index (χ0n) is 9.47. The van der Waals surface area contributed by atoms with Gasteiger partial charge in [0.25, 0.3) is 0 Å². The molecule has 0 aliphatic heterocycles. The molecule has 0 unspecified atom stereocenters. The smallest absolute Gasteiger partial charge is 0.168 e. The fraction of sp³-hybridized carbons (Fsp3) is 0.200. The van der Waals surface area contributed by atoms with Crippen molar-refractivity contribution in [2.24, 2.45) is 0 Å². The van der Waals surface area contributed by atoms with Crippen molar-refractivity contribution < 1.29 is 0 Å². The number of nitrogens with zero attached hydrogens (tertiary/aromatic N) is 5. The third kappa shape index (κ3) is 1.76. The lowest BCUT2D eigenvalue weighted by atomic mass is 10.3. The van der Waals surface area contributed by atoms with Gasteiger partial charge in [0.05, 0.1) is 0 Å². The second-order valence-electron chi connectivity index (χ2n) is 3.40. The van der Waals surface area contributed by atoms with E-state index in [4.69, 9.17) is 11.0 Å². The molecule has 2 aromatic heterocycles. The molecule has 0 radical (unpaired) electrons. The summed E-state index contributed by atoms with van der Waals surface area (Å²) in [6, 6.07) is 3.75. The quantitative estimate of drug-likeness (QED) is 0.775. The Hall–Kier alpha value is -2.62. The topological polar surface area (TPSA) is 105 Å². The predicted octanol–water partition coefficient (Wildman–Crippen LogP) is 0.466. The van der Waals surface area contributed by atoms with E-state index >= 15 is 0 Å². The first-order chi connectivity index (χ1) is 8.17. The van der Waals surface area contributed by atoms with Gasteiger partial charge in [-0.05, 0) is 6.92 Å². The lowest BCUT2D eigenvalue weighted by Gasteiger charge is -2.02. The number of anilines is 2. The summed E-state index contributed by atoms with van der Waals surface area (Å²) >= 11 is 0. The van der Waals surface area contributed by atoms with Crippen LogP contribution in [0, 0.1) is 18.3 Å². The fourth-order valence-corrected chi connectivity index (χ4v) is 1.45. The molecule has 0 spiro atoms. The Balaban J connectivity index is 2.61. The van der Waals surface area contributed by atoms with Gasteiger partial charge in [0, 0.05) is 18.8 Å². The second kappa shape index (κ2) is 4.09. The average Bonchev–Trinajstić information content (AvgIpc) is 2.65. The van der Waals surface area contributed by atoms with Gasteiger partial charge in [-0.25, -0.2) is 9.97 Å². The predicted molar refractivity (Wildman–Crippen MR) is 62.6 cm³/mol. The Morgan fingerprint density at radius 2 is 2.24 bits per heavy atom. The first-order valence-electron chi connectivity index (χ1n) is 4.92. The number of nitrogen functional groups attached to an aromatic ring is 1. The number of hydrogen-bond donors (Lipinski definition) is 2. The van der Waals surface area contributed by atoms with Crippen molar-refractivity contribution in [3.63, 3.8) is 0 Å². The minimum absolute atomic E-state index is 0.259. The van der Waals surface area contributed by atoms with E-state index in [1.807, 2.05) is 13.0 Å². The van der Waals surface area contributed by atoms with E-state index < -0.39 is 0 Å². The minimum atomic E-state index is 0.259. The van der Waals surface area contributed by atoms with E-state index in [1.54, 1.807) is 13.1 Å². The summed E-state index contributed by atoms with van der Waals surface area (Å²) in [5, 5.41) is 16.0. The van der Waals surface area contributed by atoms with Crippen LogP contribution < -0.4 is 11.1 Å². The molecule has 2 rings (SSSR count). The van der Waals surface area contributed by atoms with E-state index in [0.717, 1.165) is 5.69 Å². The van der Waals surface area contributed by atoms with Gasteiger partial charge in [0.1, 0.15) is 23.8 Å². The van der Waals surface area contributed by atoms with E-state index in [1.165, 1.54) is 11.0 Å². The van der Waals surface area contributed by atoms with Gasteiger partial charge < -0.3 is 11.1 Å². The Morgan fingerprint density at radius 1 is 1.47 bits per heavy atom. The number of aromatic nitrogens is 4. The summed E-state index contributed by atoms with van der Waals surface area (Å²) in [6.45, 7) is 1.84. The molecule has 0 saturated heterocycles. The van der Waals surface area contributed by atoms with E-state index in [2.05, 4.69) is 20.4 Å². The van der Waals surface area contributed by atoms with Crippen LogP contribution >= 0.6 is 0 Å². The highest BCUT2D eigenvalue weighted by Crippen LogP contribution is 2.22. The van der Waals surface area contributed by atoms with E-state index in [9.17, 15) is 0 Å². The van der Waals surface area contributed by atoms with Gasteiger partial charge in [0.15, 0.2) is 11.6 Å². The fourth-order valence-electron chi connectivity index (χ4n) is 1.45. The molecular formula is C10H11N7. The van der Waals surface area contributed by atoms with Gasteiger partial charge in [-0.15, -0.1) is 5.10 Å². The number of nitrogens with two attached hydrogens (primary N) is 1. The summed E-state index contributed by atoms with van der Waals surface area (Å²) in [6.07, 6.45) is 1.43. The van der Waals surface area contributed by atoms with Crippen molar-refractivity contribution in [2.75, 3.05) is 18.1 Å². The van der Waals surface area contributed by atoms with Crippen LogP contribution in [0.25, 0.3) is 5.82 Å². The molecule has 86 valence electrons. The summed E-state index contributed by atoms with van der Waals surface area (Å²) in [5.41, 5.74) is 6.96. The van der Waals surface area contributed by atoms with Gasteiger partial charge in [-0.3, -0.25) is 0 Å². The molecule has 0 saturated carbocycles. The molecule has 0 fully saturated rings. The molecule has 0 aromatic carbocycles. The molecule has 2 aromatic rings. The third-order valence-corrected chi connectivity index (χ3v) is 2.28. The summed E-state index contributed by atoms with van der Waals surface area (Å²) in [4.78, 5) is 8.06. The zero-order chi connectivity index (χ0) is 12.4. The molecule has 0 aliphatic rings. The molecule has 0 atom stereocenters. The van der Waals surface area contributed by atoms with E-state index in [0.29, 0.717) is 17.2 Å². The van der Waals surface area contributed by atoms with Crippen LogP contribution in [0.15, 0.2) is 12.4 Å². The number of nitriles is 1. The van der Waals surface area contributed by atoms with Crippen molar-refractivity contribution in [1.29, 1.82) is 5.26 Å². The van der Waals surface area contributed by atoms with Crippen LogP contribution in [0.4, 0.5) is 11.6 Å². The van der Waals surface area contributed by atoms with Crippen molar-refractivity contribution in [3.05, 3.63) is 23.7 Å². The molecule has 0 amide bonds. The normalized spacial score (nSPS) is 9.94. The van der Waals surface area contributed by atoms with Crippen molar-refractivity contribution in [2.45, 2.75) is 6.92 Å². The maximum absolute atomic E-state index is 8.99. The van der Waals surface area contributed by atoms with Crippen LogP contribution in [0.3, 0.4) is 0 Å². The number of rotatable bonds is 2. The number of nitrogens with one attached hydrogen (secondary N) is 1. The molecule has 0 bridgehead atoms. The minimum Gasteiger partial charge on any atom is -0.382 e. The average molecular weight is 229 g/mol. The highest BCUT2D eigenvalue weighted by Gasteiger charge is 2.16.